The fourth-order valence-corrected chi connectivity index (χ4v) is 6.77. The monoisotopic (exact) mass is 828 g/mol. The van der Waals surface area contributed by atoms with Gasteiger partial charge in [0.2, 0.25) is 23.4 Å². The van der Waals surface area contributed by atoms with Crippen molar-refractivity contribution >= 4 is 23.8 Å². The molecule has 18 nitrogen and oxygen atoms in total. The third-order valence-electron chi connectivity index (χ3n) is 9.71. The van der Waals surface area contributed by atoms with Crippen molar-refractivity contribution in [3.63, 3.8) is 0 Å². The van der Waals surface area contributed by atoms with Crippen molar-refractivity contribution < 1.29 is 38.2 Å². The van der Waals surface area contributed by atoms with Crippen LogP contribution in [0.1, 0.15) is 49.7 Å². The summed E-state index contributed by atoms with van der Waals surface area (Å²) in [6.45, 7) is 6.87. The van der Waals surface area contributed by atoms with Gasteiger partial charge < -0.3 is 39.3 Å². The van der Waals surface area contributed by atoms with Crippen LogP contribution in [0.5, 0.6) is 23.0 Å². The summed E-state index contributed by atoms with van der Waals surface area (Å²) >= 11 is 0. The summed E-state index contributed by atoms with van der Waals surface area (Å²) in [6, 6.07) is 15.8. The number of carbonyl (C=O) groups is 2. The minimum absolute atomic E-state index is 0.108. The second-order valence-electron chi connectivity index (χ2n) is 14.2. The molecule has 0 unspecified atom stereocenters. The van der Waals surface area contributed by atoms with Gasteiger partial charge in [-0.2, -0.15) is 9.97 Å². The lowest BCUT2D eigenvalue weighted by molar-refractivity contribution is -0.141. The molecule has 0 amide bonds. The summed E-state index contributed by atoms with van der Waals surface area (Å²) in [5.74, 6) is -1.24. The number of rotatable bonds is 20. The molecule has 2 saturated heterocycles. The molecule has 60 heavy (non-hydrogen) atoms. The Kier molecular flexibility index (Phi) is 15.9. The first-order valence-electron chi connectivity index (χ1n) is 20.1. The molecule has 4 heterocycles. The number of piperidine rings is 2. The van der Waals surface area contributed by atoms with Crippen LogP contribution in [0.15, 0.2) is 82.7 Å². The zero-order valence-electron chi connectivity index (χ0n) is 34.0. The summed E-state index contributed by atoms with van der Waals surface area (Å²) in [6.07, 6.45) is 11.3. The van der Waals surface area contributed by atoms with Gasteiger partial charge in [-0.05, 0) is 87.3 Å². The zero-order valence-corrected chi connectivity index (χ0v) is 34.0. The first-order chi connectivity index (χ1) is 29.3. The van der Waals surface area contributed by atoms with Crippen molar-refractivity contribution in [1.82, 2.24) is 29.2 Å². The molecule has 0 radical (unpaired) electrons. The van der Waals surface area contributed by atoms with Crippen LogP contribution < -0.4 is 50.4 Å². The first-order valence-corrected chi connectivity index (χ1v) is 20.1. The Morgan fingerprint density at radius 2 is 1.05 bits per heavy atom. The molecule has 2 aromatic carbocycles. The number of anilines is 2. The van der Waals surface area contributed by atoms with Crippen LogP contribution in [0.25, 0.3) is 0 Å². The van der Waals surface area contributed by atoms with Gasteiger partial charge in [-0.25, -0.2) is 9.59 Å². The predicted molar refractivity (Wildman–Crippen MR) is 222 cm³/mol. The van der Waals surface area contributed by atoms with Crippen molar-refractivity contribution in [1.29, 1.82) is 0 Å². The molecule has 0 aliphatic carbocycles. The molecule has 2 aliphatic heterocycles. The number of likely N-dealkylation sites (tertiary alicyclic amines) is 2. The molecule has 2 fully saturated rings. The minimum atomic E-state index is -1.02. The largest absolute Gasteiger partial charge is 0.492 e. The lowest BCUT2D eigenvalue weighted by Gasteiger charge is -2.26. The highest BCUT2D eigenvalue weighted by molar-refractivity contribution is 5.92. The van der Waals surface area contributed by atoms with E-state index in [2.05, 4.69) is 42.5 Å². The quantitative estimate of drug-likeness (QED) is 0.0976. The second kappa shape index (κ2) is 22.1. The molecule has 0 spiro atoms. The van der Waals surface area contributed by atoms with Crippen LogP contribution in [0.3, 0.4) is 0 Å². The Morgan fingerprint density at radius 1 is 0.633 bits per heavy atom. The highest BCUT2D eigenvalue weighted by atomic mass is 16.7. The van der Waals surface area contributed by atoms with Gasteiger partial charge >= 0.3 is 23.1 Å². The van der Waals surface area contributed by atoms with E-state index in [1.165, 1.54) is 52.7 Å². The number of ether oxygens (including phenoxy) is 4. The standard InChI is InChI=1S/C42H52N8O10/c1-55-35-29-49(41(45-39(35)53)43-17-23-57-33-13-9-11-31(25-33)27-47-19-5-3-6-20-47)59-37(51)15-16-38(52)60-50-30-36(56-2)40(54)46-42(50)44-18-24-58-34-14-10-12-32(26-34)28-48-21-7-4-8-22-48/h9-16,25-26,29-30H,3-8,17-24,27-28H2,1-2H3,(H,43,45,53)(H,44,46,54)/b16-15-. The molecule has 6 rings (SSSR count). The summed E-state index contributed by atoms with van der Waals surface area (Å²) < 4.78 is 23.8. The van der Waals surface area contributed by atoms with E-state index < -0.39 is 23.1 Å². The predicted octanol–water partition coefficient (Wildman–Crippen LogP) is 2.94. The van der Waals surface area contributed by atoms with Gasteiger partial charge in [0.1, 0.15) is 24.7 Å². The van der Waals surface area contributed by atoms with Crippen molar-refractivity contribution in [3.05, 3.63) is 105 Å². The third-order valence-corrected chi connectivity index (χ3v) is 9.71. The van der Waals surface area contributed by atoms with E-state index >= 15 is 0 Å². The fourth-order valence-electron chi connectivity index (χ4n) is 6.77. The Labute approximate surface area is 347 Å². The van der Waals surface area contributed by atoms with Crippen molar-refractivity contribution in [2.75, 3.05) is 77.3 Å². The number of aromatic nitrogens is 4. The fraction of sp³-hybridized carbons (Fsp3) is 0.429. The van der Waals surface area contributed by atoms with E-state index in [-0.39, 0.29) is 49.7 Å². The van der Waals surface area contributed by atoms with E-state index in [0.717, 1.165) is 84.4 Å². The summed E-state index contributed by atoms with van der Waals surface area (Å²) in [7, 11) is 2.54. The van der Waals surface area contributed by atoms with E-state index in [1.54, 1.807) is 0 Å². The maximum absolute atomic E-state index is 12.9. The molecular formula is C42H52N8O10. The highest BCUT2D eigenvalue weighted by Gasteiger charge is 2.16. The number of nitrogens with zero attached hydrogens (tertiary/aromatic N) is 6. The first kappa shape index (κ1) is 43.2. The van der Waals surface area contributed by atoms with Crippen LogP contribution in [0, 0.1) is 0 Å². The molecule has 4 aromatic rings. The van der Waals surface area contributed by atoms with Crippen LogP contribution in [0.2, 0.25) is 0 Å². The molecule has 0 bridgehead atoms. The molecule has 320 valence electrons. The van der Waals surface area contributed by atoms with Crippen molar-refractivity contribution in [3.8, 4) is 23.0 Å². The number of hydrogen-bond acceptors (Lipinski definition) is 16. The number of benzene rings is 2. The summed E-state index contributed by atoms with van der Waals surface area (Å²) in [5.41, 5.74) is 0.920. The van der Waals surface area contributed by atoms with Crippen LogP contribution in [0.4, 0.5) is 11.9 Å². The lowest BCUT2D eigenvalue weighted by atomic mass is 10.1. The number of hydrogen-bond donors (Lipinski definition) is 2. The minimum Gasteiger partial charge on any atom is -0.492 e. The Balaban J connectivity index is 1.01. The topological polar surface area (TPSA) is 190 Å². The summed E-state index contributed by atoms with van der Waals surface area (Å²) in [4.78, 5) is 74.1. The Bertz CT molecular complexity index is 2040. The highest BCUT2D eigenvalue weighted by Crippen LogP contribution is 2.19. The normalized spacial score (nSPS) is 14.6. The van der Waals surface area contributed by atoms with Crippen LogP contribution in [-0.4, -0.2) is 108 Å². The Hall–Kier alpha value is -6.40. The Morgan fingerprint density at radius 3 is 1.45 bits per heavy atom. The zero-order chi connectivity index (χ0) is 42.1. The maximum Gasteiger partial charge on any atom is 0.356 e. The second-order valence-corrected chi connectivity index (χ2v) is 14.2. The van der Waals surface area contributed by atoms with Gasteiger partial charge in [-0.1, -0.05) is 37.1 Å². The number of carbonyl (C=O) groups excluding carboxylic acids is 2. The smallest absolute Gasteiger partial charge is 0.356 e. The van der Waals surface area contributed by atoms with Crippen molar-refractivity contribution in [2.24, 2.45) is 0 Å². The molecule has 0 saturated carbocycles. The average molecular weight is 829 g/mol. The van der Waals surface area contributed by atoms with E-state index in [1.807, 2.05) is 36.4 Å². The van der Waals surface area contributed by atoms with Gasteiger partial charge in [0.05, 0.1) is 39.7 Å². The molecule has 18 heteroatoms. The molecule has 2 aliphatic rings. The summed E-state index contributed by atoms with van der Waals surface area (Å²) in [5, 5.41) is 5.87. The van der Waals surface area contributed by atoms with Crippen LogP contribution in [-0.2, 0) is 22.7 Å². The van der Waals surface area contributed by atoms with Crippen molar-refractivity contribution in [2.45, 2.75) is 51.6 Å². The van der Waals surface area contributed by atoms with Gasteiger partial charge in [-0.3, -0.25) is 19.4 Å². The van der Waals surface area contributed by atoms with Gasteiger partial charge in [-0.15, -0.1) is 9.46 Å². The molecule has 2 N–H and O–H groups in total. The average Bonchev–Trinajstić information content (AvgIpc) is 3.25. The van der Waals surface area contributed by atoms with E-state index in [9.17, 15) is 19.2 Å². The van der Waals surface area contributed by atoms with E-state index in [4.69, 9.17) is 28.6 Å². The molecule has 0 atom stereocenters. The van der Waals surface area contributed by atoms with E-state index in [0.29, 0.717) is 11.5 Å². The molecule has 2 aromatic heterocycles. The maximum atomic E-state index is 12.9. The third kappa shape index (κ3) is 13.1. The van der Waals surface area contributed by atoms with Gasteiger partial charge in [0.25, 0.3) is 0 Å². The number of methoxy groups -OCH3 is 2. The lowest BCUT2D eigenvalue weighted by Crippen LogP contribution is -2.29. The van der Waals surface area contributed by atoms with Gasteiger partial charge in [0.15, 0.2) is 0 Å². The SMILES string of the molecule is COc1cn(OC(=O)/C=C\C(=O)On2cc(OC)c(=O)nc2NCCOc2cccc(CN3CCCCC3)c2)c(NCCOc2cccc(CN3CCCCC3)c2)nc1=O. The van der Waals surface area contributed by atoms with Gasteiger partial charge in [0, 0.05) is 25.2 Å². The van der Waals surface area contributed by atoms with Crippen LogP contribution >= 0.6 is 0 Å². The molecular weight excluding hydrogens is 777 g/mol. The number of nitrogens with one attached hydrogen (secondary N) is 2.